The van der Waals surface area contributed by atoms with Crippen LogP contribution in [0.25, 0.3) is 6.08 Å². The van der Waals surface area contributed by atoms with E-state index >= 15 is 0 Å². The highest BCUT2D eigenvalue weighted by Crippen LogP contribution is 2.12. The quantitative estimate of drug-likeness (QED) is 0.651. The summed E-state index contributed by atoms with van der Waals surface area (Å²) in [6.07, 6.45) is 9.71. The highest BCUT2D eigenvalue weighted by atomic mass is 16.1. The Morgan fingerprint density at radius 3 is 3.23 bits per heavy atom. The zero-order valence-electron chi connectivity index (χ0n) is 7.42. The lowest BCUT2D eigenvalue weighted by molar-refractivity contribution is 0.725. The molecule has 0 saturated carbocycles. The first-order valence-electron chi connectivity index (χ1n) is 4.61. The average Bonchev–Trinajstić information content (AvgIpc) is 2.07. The molecule has 0 atom stereocenters. The number of aromatic nitrogens is 2. The molecule has 0 saturated heterocycles. The molecule has 0 aromatic carbocycles. The van der Waals surface area contributed by atoms with Crippen molar-refractivity contribution in [2.45, 2.75) is 25.7 Å². The molecule has 68 valence electrons. The van der Waals surface area contributed by atoms with Crippen molar-refractivity contribution in [3.8, 4) is 0 Å². The molecule has 0 unspecified atom stereocenters. The standard InChI is InChI=1S/C10H12N2O/c13-10-8-5-3-1-2-4-6-9(8)11-7-12-10/h3,5,7H,1-2,4,6H2,(H,11,12,13). The van der Waals surface area contributed by atoms with Crippen molar-refractivity contribution in [3.63, 3.8) is 0 Å². The van der Waals surface area contributed by atoms with E-state index in [1.165, 1.54) is 12.7 Å². The van der Waals surface area contributed by atoms with Gasteiger partial charge >= 0.3 is 0 Å². The van der Waals surface area contributed by atoms with Crippen LogP contribution in [-0.4, -0.2) is 9.97 Å². The number of nitrogens with one attached hydrogen (secondary N) is 1. The number of rotatable bonds is 0. The fourth-order valence-corrected chi connectivity index (χ4v) is 1.57. The van der Waals surface area contributed by atoms with Crippen LogP contribution >= 0.6 is 0 Å². The number of allylic oxidation sites excluding steroid dienone is 1. The fraction of sp³-hybridized carbons (Fsp3) is 0.400. The predicted molar refractivity (Wildman–Crippen MR) is 51.4 cm³/mol. The summed E-state index contributed by atoms with van der Waals surface area (Å²) in [5.41, 5.74) is 1.64. The molecule has 0 aliphatic heterocycles. The summed E-state index contributed by atoms with van der Waals surface area (Å²) in [5, 5.41) is 0. The minimum absolute atomic E-state index is 0.0249. The molecule has 1 aliphatic rings. The summed E-state index contributed by atoms with van der Waals surface area (Å²) in [5.74, 6) is 0. The smallest absolute Gasteiger partial charge is 0.258 e. The molecule has 1 aromatic heterocycles. The zero-order valence-corrected chi connectivity index (χ0v) is 7.42. The zero-order chi connectivity index (χ0) is 9.10. The second-order valence-electron chi connectivity index (χ2n) is 3.24. The maximum Gasteiger partial charge on any atom is 0.258 e. The van der Waals surface area contributed by atoms with Crippen molar-refractivity contribution in [1.82, 2.24) is 9.97 Å². The van der Waals surface area contributed by atoms with Crippen LogP contribution < -0.4 is 5.56 Å². The van der Waals surface area contributed by atoms with Gasteiger partial charge in [0.05, 0.1) is 17.6 Å². The molecule has 0 radical (unpaired) electrons. The number of aryl methyl sites for hydroxylation is 1. The Kier molecular flexibility index (Phi) is 2.25. The fourth-order valence-electron chi connectivity index (χ4n) is 1.57. The van der Waals surface area contributed by atoms with E-state index in [1.54, 1.807) is 0 Å². The Balaban J connectivity index is 2.52. The second-order valence-corrected chi connectivity index (χ2v) is 3.24. The van der Waals surface area contributed by atoms with Crippen molar-refractivity contribution >= 4 is 6.08 Å². The maximum absolute atomic E-state index is 11.4. The van der Waals surface area contributed by atoms with Gasteiger partial charge in [0.25, 0.3) is 5.56 Å². The molecule has 0 spiro atoms. The molecular weight excluding hydrogens is 164 g/mol. The van der Waals surface area contributed by atoms with Gasteiger partial charge in [-0.2, -0.15) is 0 Å². The Hall–Kier alpha value is -1.38. The minimum Gasteiger partial charge on any atom is -0.313 e. The summed E-state index contributed by atoms with van der Waals surface area (Å²) in [4.78, 5) is 18.1. The molecule has 1 aliphatic carbocycles. The van der Waals surface area contributed by atoms with Gasteiger partial charge in [-0.25, -0.2) is 4.98 Å². The Bertz CT molecular complexity index is 379. The van der Waals surface area contributed by atoms with Crippen molar-refractivity contribution < 1.29 is 0 Å². The van der Waals surface area contributed by atoms with E-state index in [9.17, 15) is 4.79 Å². The third-order valence-electron chi connectivity index (χ3n) is 2.29. The van der Waals surface area contributed by atoms with Gasteiger partial charge in [0.2, 0.25) is 0 Å². The lowest BCUT2D eigenvalue weighted by atomic mass is 10.0. The summed E-state index contributed by atoms with van der Waals surface area (Å²) in [6.45, 7) is 0. The van der Waals surface area contributed by atoms with Crippen molar-refractivity contribution in [2.24, 2.45) is 0 Å². The van der Waals surface area contributed by atoms with Gasteiger partial charge < -0.3 is 4.98 Å². The molecule has 1 N–H and O–H groups in total. The van der Waals surface area contributed by atoms with E-state index in [0.29, 0.717) is 0 Å². The monoisotopic (exact) mass is 176 g/mol. The van der Waals surface area contributed by atoms with E-state index in [-0.39, 0.29) is 5.56 Å². The molecule has 1 heterocycles. The lowest BCUT2D eigenvalue weighted by Crippen LogP contribution is -2.14. The molecule has 0 bridgehead atoms. The third kappa shape index (κ3) is 1.69. The van der Waals surface area contributed by atoms with Crippen LogP contribution in [0.5, 0.6) is 0 Å². The van der Waals surface area contributed by atoms with Gasteiger partial charge in [0.15, 0.2) is 0 Å². The lowest BCUT2D eigenvalue weighted by Gasteiger charge is -2.05. The summed E-state index contributed by atoms with van der Waals surface area (Å²) >= 11 is 0. The summed E-state index contributed by atoms with van der Waals surface area (Å²) < 4.78 is 0. The van der Waals surface area contributed by atoms with Crippen molar-refractivity contribution in [1.29, 1.82) is 0 Å². The van der Waals surface area contributed by atoms with Crippen LogP contribution in [0.2, 0.25) is 0 Å². The Morgan fingerprint density at radius 2 is 2.31 bits per heavy atom. The maximum atomic E-state index is 11.4. The van der Waals surface area contributed by atoms with E-state index < -0.39 is 0 Å². The first-order valence-corrected chi connectivity index (χ1v) is 4.61. The Labute approximate surface area is 76.5 Å². The number of hydrogen-bond donors (Lipinski definition) is 1. The van der Waals surface area contributed by atoms with Crippen molar-refractivity contribution in [2.75, 3.05) is 0 Å². The number of fused-ring (bicyclic) bond motifs is 1. The predicted octanol–water partition coefficient (Wildman–Crippen LogP) is 1.51. The molecular formula is C10H12N2O. The van der Waals surface area contributed by atoms with Crippen LogP contribution in [0, 0.1) is 0 Å². The number of nitrogens with zero attached hydrogens (tertiary/aromatic N) is 1. The topological polar surface area (TPSA) is 45.8 Å². The van der Waals surface area contributed by atoms with Gasteiger partial charge in [-0.15, -0.1) is 0 Å². The van der Waals surface area contributed by atoms with Crippen LogP contribution in [-0.2, 0) is 6.42 Å². The van der Waals surface area contributed by atoms with Gasteiger partial charge in [-0.3, -0.25) is 4.79 Å². The van der Waals surface area contributed by atoms with Crippen molar-refractivity contribution in [3.05, 3.63) is 34.0 Å². The average molecular weight is 176 g/mol. The van der Waals surface area contributed by atoms with E-state index in [1.807, 2.05) is 6.08 Å². The third-order valence-corrected chi connectivity index (χ3v) is 2.29. The van der Waals surface area contributed by atoms with Gasteiger partial charge in [0, 0.05) is 0 Å². The van der Waals surface area contributed by atoms with E-state index in [2.05, 4.69) is 16.0 Å². The molecule has 1 aromatic rings. The largest absolute Gasteiger partial charge is 0.313 e. The minimum atomic E-state index is -0.0249. The summed E-state index contributed by atoms with van der Waals surface area (Å²) in [7, 11) is 0. The Morgan fingerprint density at radius 1 is 1.38 bits per heavy atom. The summed E-state index contributed by atoms with van der Waals surface area (Å²) in [6, 6.07) is 0. The normalized spacial score (nSPS) is 16.0. The number of aromatic amines is 1. The SMILES string of the molecule is O=c1[nH]cnc2c1C=CCCCC2. The molecule has 3 heteroatoms. The van der Waals surface area contributed by atoms with Gasteiger partial charge in [-0.05, 0) is 25.7 Å². The highest BCUT2D eigenvalue weighted by molar-refractivity contribution is 5.50. The van der Waals surface area contributed by atoms with Crippen LogP contribution in [0.15, 0.2) is 17.2 Å². The molecule has 0 amide bonds. The second kappa shape index (κ2) is 3.56. The highest BCUT2D eigenvalue weighted by Gasteiger charge is 2.06. The van der Waals surface area contributed by atoms with Gasteiger partial charge in [-0.1, -0.05) is 12.2 Å². The first-order chi connectivity index (χ1) is 6.38. The molecule has 3 nitrogen and oxygen atoms in total. The number of H-pyrrole nitrogens is 1. The molecule has 0 fully saturated rings. The van der Waals surface area contributed by atoms with Crippen LogP contribution in [0.3, 0.4) is 0 Å². The number of hydrogen-bond acceptors (Lipinski definition) is 2. The molecule has 2 rings (SSSR count). The van der Waals surface area contributed by atoms with E-state index in [4.69, 9.17) is 0 Å². The van der Waals surface area contributed by atoms with Crippen LogP contribution in [0.1, 0.15) is 30.5 Å². The van der Waals surface area contributed by atoms with Crippen LogP contribution in [0.4, 0.5) is 0 Å². The molecule has 13 heavy (non-hydrogen) atoms. The van der Waals surface area contributed by atoms with E-state index in [0.717, 1.165) is 30.5 Å². The first kappa shape index (κ1) is 8.23. The van der Waals surface area contributed by atoms with Gasteiger partial charge in [0.1, 0.15) is 0 Å².